The Morgan fingerprint density at radius 3 is 2.35 bits per heavy atom. The summed E-state index contributed by atoms with van der Waals surface area (Å²) < 4.78 is 5.56. The first-order valence-corrected chi connectivity index (χ1v) is 8.71. The van der Waals surface area contributed by atoms with E-state index in [1.807, 2.05) is 54.6 Å². The molecular formula is C20H25N3O3. The Morgan fingerprint density at radius 2 is 1.65 bits per heavy atom. The van der Waals surface area contributed by atoms with Crippen LogP contribution in [0.3, 0.4) is 0 Å². The van der Waals surface area contributed by atoms with Gasteiger partial charge in [0, 0.05) is 31.6 Å². The van der Waals surface area contributed by atoms with E-state index >= 15 is 0 Å². The van der Waals surface area contributed by atoms with Crippen molar-refractivity contribution in [2.24, 2.45) is 5.73 Å². The predicted molar refractivity (Wildman–Crippen MR) is 102 cm³/mol. The lowest BCUT2D eigenvalue weighted by Gasteiger charge is -2.08. The van der Waals surface area contributed by atoms with E-state index in [1.165, 1.54) is 0 Å². The molecule has 0 aliphatic heterocycles. The first-order valence-electron chi connectivity index (χ1n) is 8.71. The number of hydrogen-bond donors (Lipinski definition) is 3. The fourth-order valence-corrected chi connectivity index (χ4v) is 2.29. The smallest absolute Gasteiger partial charge is 0.224 e. The van der Waals surface area contributed by atoms with Crippen molar-refractivity contribution in [3.63, 3.8) is 0 Å². The lowest BCUT2D eigenvalue weighted by Crippen LogP contribution is -2.24. The quantitative estimate of drug-likeness (QED) is 0.571. The predicted octanol–water partition coefficient (Wildman–Crippen LogP) is 2.45. The molecule has 26 heavy (non-hydrogen) atoms. The minimum atomic E-state index is -0.0670. The molecule has 0 aliphatic carbocycles. The molecule has 0 heterocycles. The molecule has 2 amide bonds. The normalized spacial score (nSPS) is 10.2. The summed E-state index contributed by atoms with van der Waals surface area (Å²) in [5.41, 5.74) is 7.02. The maximum atomic E-state index is 12.0. The van der Waals surface area contributed by atoms with E-state index in [0.717, 1.165) is 17.0 Å². The highest BCUT2D eigenvalue weighted by molar-refractivity contribution is 5.90. The molecule has 138 valence electrons. The van der Waals surface area contributed by atoms with Gasteiger partial charge in [-0.15, -0.1) is 0 Å². The number of para-hydroxylation sites is 1. The van der Waals surface area contributed by atoms with E-state index in [4.69, 9.17) is 10.5 Å². The van der Waals surface area contributed by atoms with Crippen LogP contribution < -0.4 is 21.1 Å². The van der Waals surface area contributed by atoms with Gasteiger partial charge in [-0.2, -0.15) is 0 Å². The van der Waals surface area contributed by atoms with E-state index in [9.17, 15) is 9.59 Å². The summed E-state index contributed by atoms with van der Waals surface area (Å²) in [6, 6.07) is 16.9. The Hall–Kier alpha value is -2.86. The highest BCUT2D eigenvalue weighted by atomic mass is 16.5. The van der Waals surface area contributed by atoms with Crippen LogP contribution in [0.4, 0.5) is 5.69 Å². The van der Waals surface area contributed by atoms with Crippen molar-refractivity contribution in [2.75, 3.05) is 18.5 Å². The molecule has 0 spiro atoms. The summed E-state index contributed by atoms with van der Waals surface area (Å²) in [7, 11) is 0. The van der Waals surface area contributed by atoms with Gasteiger partial charge in [0.1, 0.15) is 5.75 Å². The van der Waals surface area contributed by atoms with Gasteiger partial charge in [0.15, 0.2) is 0 Å². The third-order valence-electron chi connectivity index (χ3n) is 3.66. The number of benzene rings is 2. The van der Waals surface area contributed by atoms with Crippen LogP contribution >= 0.6 is 0 Å². The average molecular weight is 355 g/mol. The van der Waals surface area contributed by atoms with Crippen LogP contribution in [0, 0.1) is 0 Å². The Kier molecular flexibility index (Phi) is 8.15. The van der Waals surface area contributed by atoms with Gasteiger partial charge in [-0.1, -0.05) is 30.3 Å². The Balaban J connectivity index is 1.66. The van der Waals surface area contributed by atoms with Crippen LogP contribution in [-0.4, -0.2) is 25.0 Å². The Morgan fingerprint density at radius 1 is 0.923 bits per heavy atom. The molecule has 2 rings (SSSR count). The van der Waals surface area contributed by atoms with Crippen LogP contribution in [0.2, 0.25) is 0 Å². The molecule has 0 atom stereocenters. The molecule has 0 aromatic heterocycles. The SMILES string of the molecule is NCCC(=O)NCc1ccc(NC(=O)CCCOc2ccccc2)cc1. The van der Waals surface area contributed by atoms with E-state index in [-0.39, 0.29) is 11.8 Å². The van der Waals surface area contributed by atoms with E-state index < -0.39 is 0 Å². The molecular weight excluding hydrogens is 330 g/mol. The molecule has 0 aliphatic rings. The maximum absolute atomic E-state index is 12.0. The van der Waals surface area contributed by atoms with Gasteiger partial charge in [0.2, 0.25) is 11.8 Å². The number of nitrogens with two attached hydrogens (primary N) is 1. The monoisotopic (exact) mass is 355 g/mol. The van der Waals surface area contributed by atoms with Gasteiger partial charge in [0.05, 0.1) is 6.61 Å². The number of ether oxygens (including phenoxy) is 1. The molecule has 0 unspecified atom stereocenters. The van der Waals surface area contributed by atoms with Gasteiger partial charge in [-0.3, -0.25) is 9.59 Å². The van der Waals surface area contributed by atoms with Gasteiger partial charge in [-0.05, 0) is 36.2 Å². The summed E-state index contributed by atoms with van der Waals surface area (Å²) in [6.45, 7) is 1.29. The fourth-order valence-electron chi connectivity index (χ4n) is 2.29. The summed E-state index contributed by atoms with van der Waals surface area (Å²) in [4.78, 5) is 23.3. The molecule has 6 heteroatoms. The van der Waals surface area contributed by atoms with Gasteiger partial charge in [0.25, 0.3) is 0 Å². The van der Waals surface area contributed by atoms with Crippen molar-refractivity contribution >= 4 is 17.5 Å². The topological polar surface area (TPSA) is 93.5 Å². The minimum Gasteiger partial charge on any atom is -0.494 e. The van der Waals surface area contributed by atoms with E-state index in [0.29, 0.717) is 39.0 Å². The molecule has 4 N–H and O–H groups in total. The number of amides is 2. The fraction of sp³-hybridized carbons (Fsp3) is 0.300. The number of nitrogens with one attached hydrogen (secondary N) is 2. The van der Waals surface area contributed by atoms with E-state index in [2.05, 4.69) is 10.6 Å². The largest absolute Gasteiger partial charge is 0.494 e. The number of carbonyl (C=O) groups excluding carboxylic acids is 2. The lowest BCUT2D eigenvalue weighted by atomic mass is 10.2. The van der Waals surface area contributed by atoms with Crippen LogP contribution in [0.25, 0.3) is 0 Å². The Labute approximate surface area is 153 Å². The summed E-state index contributed by atoms with van der Waals surface area (Å²) in [5, 5.41) is 5.64. The molecule has 0 bridgehead atoms. The summed E-state index contributed by atoms with van der Waals surface area (Å²) >= 11 is 0. The lowest BCUT2D eigenvalue weighted by molar-refractivity contribution is -0.121. The van der Waals surface area contributed by atoms with Crippen LogP contribution in [0.1, 0.15) is 24.8 Å². The molecule has 2 aromatic rings. The second-order valence-electron chi connectivity index (χ2n) is 5.83. The first kappa shape index (κ1) is 19.5. The zero-order chi connectivity index (χ0) is 18.6. The standard InChI is InChI=1S/C20H25N3O3/c21-13-12-19(24)22-15-16-8-10-17(11-9-16)23-20(25)7-4-14-26-18-5-2-1-3-6-18/h1-3,5-6,8-11H,4,7,12-15,21H2,(H,22,24)(H,23,25). The molecule has 0 saturated carbocycles. The number of hydrogen-bond acceptors (Lipinski definition) is 4. The summed E-state index contributed by atoms with van der Waals surface area (Å²) in [6.07, 6.45) is 1.36. The molecule has 0 saturated heterocycles. The third-order valence-corrected chi connectivity index (χ3v) is 3.66. The zero-order valence-electron chi connectivity index (χ0n) is 14.7. The zero-order valence-corrected chi connectivity index (χ0v) is 14.7. The van der Waals surface area contributed by atoms with Crippen molar-refractivity contribution < 1.29 is 14.3 Å². The van der Waals surface area contributed by atoms with Crippen LogP contribution in [-0.2, 0) is 16.1 Å². The molecule has 6 nitrogen and oxygen atoms in total. The molecule has 0 radical (unpaired) electrons. The number of anilines is 1. The van der Waals surface area contributed by atoms with Crippen molar-refractivity contribution in [1.29, 1.82) is 0 Å². The van der Waals surface area contributed by atoms with E-state index in [1.54, 1.807) is 0 Å². The van der Waals surface area contributed by atoms with Gasteiger partial charge >= 0.3 is 0 Å². The molecule has 0 fully saturated rings. The van der Waals surface area contributed by atoms with Crippen molar-refractivity contribution in [2.45, 2.75) is 25.8 Å². The van der Waals surface area contributed by atoms with Gasteiger partial charge in [-0.25, -0.2) is 0 Å². The second-order valence-corrected chi connectivity index (χ2v) is 5.83. The van der Waals surface area contributed by atoms with Crippen molar-refractivity contribution in [3.05, 3.63) is 60.2 Å². The van der Waals surface area contributed by atoms with Crippen molar-refractivity contribution in [1.82, 2.24) is 5.32 Å². The highest BCUT2D eigenvalue weighted by Crippen LogP contribution is 2.11. The average Bonchev–Trinajstić information content (AvgIpc) is 2.66. The van der Waals surface area contributed by atoms with Crippen LogP contribution in [0.15, 0.2) is 54.6 Å². The Bertz CT molecular complexity index is 687. The minimum absolute atomic E-state index is 0.0503. The number of carbonyl (C=O) groups is 2. The van der Waals surface area contributed by atoms with Crippen molar-refractivity contribution in [3.8, 4) is 5.75 Å². The summed E-state index contributed by atoms with van der Waals surface area (Å²) in [5.74, 6) is 0.690. The first-order chi connectivity index (χ1) is 12.7. The third kappa shape index (κ3) is 7.36. The van der Waals surface area contributed by atoms with Gasteiger partial charge < -0.3 is 21.1 Å². The second kappa shape index (κ2) is 10.9. The maximum Gasteiger partial charge on any atom is 0.224 e. The van der Waals surface area contributed by atoms with Crippen LogP contribution in [0.5, 0.6) is 5.75 Å². The number of rotatable bonds is 10. The molecule has 2 aromatic carbocycles. The highest BCUT2D eigenvalue weighted by Gasteiger charge is 2.04.